The van der Waals surface area contributed by atoms with Crippen molar-refractivity contribution < 1.29 is 14.9 Å². The van der Waals surface area contributed by atoms with Gasteiger partial charge in [0.2, 0.25) is 0 Å². The number of aromatic nitrogens is 1. The van der Waals surface area contributed by atoms with Gasteiger partial charge in [-0.25, -0.2) is 4.98 Å². The summed E-state index contributed by atoms with van der Waals surface area (Å²) >= 11 is 0. The molecule has 5 heteroatoms. The van der Waals surface area contributed by atoms with E-state index >= 15 is 0 Å². The second-order valence-electron chi connectivity index (χ2n) is 4.32. The molecule has 5 nitrogen and oxygen atoms in total. The molecule has 17 heavy (non-hydrogen) atoms. The van der Waals surface area contributed by atoms with Crippen LogP contribution < -0.4 is 4.90 Å². The van der Waals surface area contributed by atoms with Crippen molar-refractivity contribution in [3.05, 3.63) is 23.9 Å². The van der Waals surface area contributed by atoms with E-state index in [4.69, 9.17) is 14.9 Å². The van der Waals surface area contributed by atoms with Crippen LogP contribution in [0, 0.1) is 0 Å². The third-order valence-electron chi connectivity index (χ3n) is 3.00. The lowest BCUT2D eigenvalue weighted by Crippen LogP contribution is -2.50. The van der Waals surface area contributed by atoms with Crippen molar-refractivity contribution in [2.75, 3.05) is 24.7 Å². The fourth-order valence-electron chi connectivity index (χ4n) is 1.96. The fraction of sp³-hybridized carbons (Fsp3) is 0.583. The molecular weight excluding hydrogens is 220 g/mol. The van der Waals surface area contributed by atoms with Crippen molar-refractivity contribution in [2.24, 2.45) is 0 Å². The van der Waals surface area contributed by atoms with Crippen molar-refractivity contribution in [3.8, 4) is 0 Å². The first-order valence-corrected chi connectivity index (χ1v) is 5.79. The number of nitrogens with zero attached hydrogens (tertiary/aromatic N) is 2. The van der Waals surface area contributed by atoms with Crippen molar-refractivity contribution in [3.63, 3.8) is 0 Å². The minimum absolute atomic E-state index is 0.0116. The molecular formula is C12H18N2O3. The van der Waals surface area contributed by atoms with E-state index in [0.717, 1.165) is 11.4 Å². The number of pyridine rings is 1. The van der Waals surface area contributed by atoms with Gasteiger partial charge in [0.05, 0.1) is 32.0 Å². The summed E-state index contributed by atoms with van der Waals surface area (Å²) in [7, 11) is 0. The molecule has 2 heterocycles. The number of hydrogen-bond donors (Lipinski definition) is 2. The number of hydrogen-bond acceptors (Lipinski definition) is 5. The van der Waals surface area contributed by atoms with Crippen molar-refractivity contribution in [2.45, 2.75) is 25.7 Å². The van der Waals surface area contributed by atoms with Gasteiger partial charge < -0.3 is 19.8 Å². The first-order valence-electron chi connectivity index (χ1n) is 5.79. The van der Waals surface area contributed by atoms with Crippen LogP contribution in [-0.2, 0) is 11.3 Å². The molecule has 2 N–H and O–H groups in total. The number of morpholine rings is 1. The predicted molar refractivity (Wildman–Crippen MR) is 63.8 cm³/mol. The van der Waals surface area contributed by atoms with E-state index in [9.17, 15) is 0 Å². The van der Waals surface area contributed by atoms with Gasteiger partial charge >= 0.3 is 0 Å². The first kappa shape index (κ1) is 12.3. The van der Waals surface area contributed by atoms with Crippen LogP contribution in [0.2, 0.25) is 0 Å². The molecule has 0 saturated carbocycles. The van der Waals surface area contributed by atoms with Crippen LogP contribution in [0.25, 0.3) is 0 Å². The van der Waals surface area contributed by atoms with E-state index in [-0.39, 0.29) is 25.4 Å². The maximum absolute atomic E-state index is 9.13. The van der Waals surface area contributed by atoms with Crippen LogP contribution in [0.1, 0.15) is 12.5 Å². The summed E-state index contributed by atoms with van der Waals surface area (Å²) in [5, 5.41) is 18.2. The highest BCUT2D eigenvalue weighted by molar-refractivity contribution is 5.42. The summed E-state index contributed by atoms with van der Waals surface area (Å²) in [6, 6.07) is 3.88. The molecule has 2 rings (SSSR count). The van der Waals surface area contributed by atoms with Gasteiger partial charge in [-0.2, -0.15) is 0 Å². The molecule has 1 aromatic rings. The molecule has 1 saturated heterocycles. The van der Waals surface area contributed by atoms with Gasteiger partial charge in [-0.3, -0.25) is 0 Å². The molecule has 1 fully saturated rings. The molecule has 1 aliphatic rings. The Kier molecular flexibility index (Phi) is 3.93. The molecule has 0 aliphatic carbocycles. The van der Waals surface area contributed by atoms with Gasteiger partial charge in [-0.1, -0.05) is 0 Å². The summed E-state index contributed by atoms with van der Waals surface area (Å²) < 4.78 is 5.48. The number of aliphatic hydroxyl groups excluding tert-OH is 2. The largest absolute Gasteiger partial charge is 0.394 e. The maximum Gasteiger partial charge on any atom is 0.129 e. The van der Waals surface area contributed by atoms with E-state index in [1.807, 2.05) is 6.07 Å². The van der Waals surface area contributed by atoms with Crippen molar-refractivity contribution >= 4 is 5.82 Å². The van der Waals surface area contributed by atoms with E-state index in [1.165, 1.54) is 0 Å². The second kappa shape index (κ2) is 5.44. The Bertz CT molecular complexity index is 373. The molecule has 0 radical (unpaired) electrons. The minimum Gasteiger partial charge on any atom is -0.394 e. The molecule has 2 atom stereocenters. The molecule has 0 bridgehead atoms. The van der Waals surface area contributed by atoms with Gasteiger partial charge in [-0.05, 0) is 24.6 Å². The maximum atomic E-state index is 9.13. The molecule has 0 spiro atoms. The molecule has 94 valence electrons. The second-order valence-corrected chi connectivity index (χ2v) is 4.32. The standard InChI is InChI=1S/C12H18N2O3/c1-9-8-17-11(7-16)5-14(9)12-4-10(6-15)2-3-13-12/h2-4,9,11,15-16H,5-8H2,1H3. The Balaban J connectivity index is 2.18. The highest BCUT2D eigenvalue weighted by atomic mass is 16.5. The zero-order valence-electron chi connectivity index (χ0n) is 9.91. The van der Waals surface area contributed by atoms with Crippen molar-refractivity contribution in [1.82, 2.24) is 4.98 Å². The van der Waals surface area contributed by atoms with Gasteiger partial charge in [0, 0.05) is 12.7 Å². The van der Waals surface area contributed by atoms with Crippen LogP contribution in [0.4, 0.5) is 5.82 Å². The lowest BCUT2D eigenvalue weighted by molar-refractivity contribution is -0.0105. The Morgan fingerprint density at radius 3 is 3.06 bits per heavy atom. The number of rotatable bonds is 3. The van der Waals surface area contributed by atoms with Gasteiger partial charge in [0.1, 0.15) is 5.82 Å². The van der Waals surface area contributed by atoms with E-state index in [0.29, 0.717) is 13.2 Å². The smallest absolute Gasteiger partial charge is 0.129 e. The fourth-order valence-corrected chi connectivity index (χ4v) is 1.96. The average Bonchev–Trinajstić information content (AvgIpc) is 2.39. The quantitative estimate of drug-likeness (QED) is 0.785. The summed E-state index contributed by atoms with van der Waals surface area (Å²) in [4.78, 5) is 6.41. The minimum atomic E-state index is -0.161. The summed E-state index contributed by atoms with van der Waals surface area (Å²) in [6.45, 7) is 3.29. The molecule has 2 unspecified atom stereocenters. The van der Waals surface area contributed by atoms with E-state index in [2.05, 4.69) is 16.8 Å². The van der Waals surface area contributed by atoms with E-state index < -0.39 is 0 Å². The summed E-state index contributed by atoms with van der Waals surface area (Å²) in [5.41, 5.74) is 0.842. The van der Waals surface area contributed by atoms with Crippen LogP contribution in [0.3, 0.4) is 0 Å². The van der Waals surface area contributed by atoms with Crippen LogP contribution in [0.15, 0.2) is 18.3 Å². The zero-order valence-corrected chi connectivity index (χ0v) is 9.91. The Hall–Kier alpha value is -1.17. The predicted octanol–water partition coefficient (Wildman–Crippen LogP) is 0.160. The van der Waals surface area contributed by atoms with Crippen LogP contribution >= 0.6 is 0 Å². The average molecular weight is 238 g/mol. The summed E-state index contributed by atoms with van der Waals surface area (Å²) in [6.07, 6.45) is 1.53. The molecule has 0 amide bonds. The molecule has 1 aliphatic heterocycles. The van der Waals surface area contributed by atoms with Crippen LogP contribution in [0.5, 0.6) is 0 Å². The number of ether oxygens (including phenoxy) is 1. The summed E-state index contributed by atoms with van der Waals surface area (Å²) in [5.74, 6) is 0.825. The number of anilines is 1. The highest BCUT2D eigenvalue weighted by Gasteiger charge is 2.26. The lowest BCUT2D eigenvalue weighted by Gasteiger charge is -2.38. The monoisotopic (exact) mass is 238 g/mol. The third-order valence-corrected chi connectivity index (χ3v) is 3.00. The Morgan fingerprint density at radius 1 is 1.53 bits per heavy atom. The van der Waals surface area contributed by atoms with Crippen molar-refractivity contribution in [1.29, 1.82) is 0 Å². The molecule has 0 aromatic carbocycles. The van der Waals surface area contributed by atoms with Crippen LogP contribution in [-0.4, -0.2) is 47.1 Å². The zero-order chi connectivity index (χ0) is 12.3. The molecule has 1 aromatic heterocycles. The normalized spacial score (nSPS) is 25.0. The number of aliphatic hydroxyl groups is 2. The van der Waals surface area contributed by atoms with Gasteiger partial charge in [0.25, 0.3) is 0 Å². The Labute approximate surface area is 101 Å². The Morgan fingerprint density at radius 2 is 2.35 bits per heavy atom. The highest BCUT2D eigenvalue weighted by Crippen LogP contribution is 2.20. The van der Waals surface area contributed by atoms with Gasteiger partial charge in [-0.15, -0.1) is 0 Å². The SMILES string of the molecule is CC1COC(CO)CN1c1cc(CO)ccn1. The van der Waals surface area contributed by atoms with Gasteiger partial charge in [0.15, 0.2) is 0 Å². The van der Waals surface area contributed by atoms with E-state index in [1.54, 1.807) is 12.3 Å². The third kappa shape index (κ3) is 2.74. The lowest BCUT2D eigenvalue weighted by atomic mass is 10.2. The topological polar surface area (TPSA) is 65.8 Å². The first-order chi connectivity index (χ1) is 8.24.